The summed E-state index contributed by atoms with van der Waals surface area (Å²) in [7, 11) is 0. The van der Waals surface area contributed by atoms with Gasteiger partial charge in [0.2, 0.25) is 6.29 Å². The molecule has 1 unspecified atom stereocenters. The first-order chi connectivity index (χ1) is 7.24. The molecule has 0 rings (SSSR count). The van der Waals surface area contributed by atoms with Crippen LogP contribution in [0.3, 0.4) is 0 Å². The van der Waals surface area contributed by atoms with Crippen molar-refractivity contribution in [2.24, 2.45) is 0 Å². The summed E-state index contributed by atoms with van der Waals surface area (Å²) in [5.41, 5.74) is -0.658. The number of ether oxygens (including phenoxy) is 2. The van der Waals surface area contributed by atoms with E-state index in [1.54, 1.807) is 20.8 Å². The van der Waals surface area contributed by atoms with Gasteiger partial charge in [-0.3, -0.25) is 4.89 Å². The molecular weight excluding hydrogens is 216 g/mol. The molecule has 0 amide bonds. The van der Waals surface area contributed by atoms with Gasteiger partial charge in [-0.15, -0.1) is 4.89 Å². The van der Waals surface area contributed by atoms with Gasteiger partial charge in [-0.1, -0.05) is 6.58 Å². The molecule has 0 bridgehead atoms. The van der Waals surface area contributed by atoms with Crippen LogP contribution in [0.5, 0.6) is 0 Å². The average Bonchev–Trinajstić information content (AvgIpc) is 2.10. The van der Waals surface area contributed by atoms with E-state index in [-0.39, 0.29) is 0 Å². The molecule has 0 saturated heterocycles. The molecule has 0 aromatic heterocycles. The summed E-state index contributed by atoms with van der Waals surface area (Å²) in [5.74, 6) is -0.778. The molecule has 1 atom stereocenters. The van der Waals surface area contributed by atoms with Gasteiger partial charge >= 0.3 is 12.1 Å². The molecule has 6 nitrogen and oxygen atoms in total. The highest BCUT2D eigenvalue weighted by molar-refractivity contribution is 5.80. The van der Waals surface area contributed by atoms with Crippen LogP contribution in [0, 0.1) is 0 Å². The molecule has 0 aliphatic rings. The van der Waals surface area contributed by atoms with Gasteiger partial charge in [-0.25, -0.2) is 9.59 Å². The molecule has 0 aliphatic heterocycles. The molecule has 0 heterocycles. The first kappa shape index (κ1) is 14.4. The molecule has 6 heteroatoms. The van der Waals surface area contributed by atoms with Crippen molar-refractivity contribution < 1.29 is 28.8 Å². The third kappa shape index (κ3) is 7.81. The van der Waals surface area contributed by atoms with Crippen LogP contribution in [-0.2, 0) is 24.0 Å². The summed E-state index contributed by atoms with van der Waals surface area (Å²) in [6.45, 7) is 9.61. The molecular formula is C10H16O6. The minimum Gasteiger partial charge on any atom is -0.429 e. The van der Waals surface area contributed by atoms with Gasteiger partial charge in [0.1, 0.15) is 5.60 Å². The van der Waals surface area contributed by atoms with Crippen molar-refractivity contribution in [2.75, 3.05) is 0 Å². The SMILES string of the molecule is C=CC(=O)OOC(C)OC(=O)OC(C)(C)C. The van der Waals surface area contributed by atoms with Crippen LogP contribution >= 0.6 is 0 Å². The Kier molecular flexibility index (Phi) is 5.52. The van der Waals surface area contributed by atoms with E-state index in [0.717, 1.165) is 6.08 Å². The van der Waals surface area contributed by atoms with Crippen molar-refractivity contribution in [2.45, 2.75) is 39.6 Å². The lowest BCUT2D eigenvalue weighted by Gasteiger charge is -2.20. The second-order valence-electron chi connectivity index (χ2n) is 3.85. The van der Waals surface area contributed by atoms with E-state index < -0.39 is 24.0 Å². The second-order valence-corrected chi connectivity index (χ2v) is 3.85. The Hall–Kier alpha value is -1.56. The molecule has 0 aromatic rings. The van der Waals surface area contributed by atoms with E-state index in [2.05, 4.69) is 21.1 Å². The Morgan fingerprint density at radius 2 is 1.88 bits per heavy atom. The first-order valence-electron chi connectivity index (χ1n) is 4.64. The summed E-state index contributed by atoms with van der Waals surface area (Å²) < 4.78 is 9.47. The zero-order valence-corrected chi connectivity index (χ0v) is 9.81. The predicted octanol–water partition coefficient (Wildman–Crippen LogP) is 1.94. The topological polar surface area (TPSA) is 71.1 Å². The monoisotopic (exact) mass is 232 g/mol. The average molecular weight is 232 g/mol. The summed E-state index contributed by atoms with van der Waals surface area (Å²) in [6.07, 6.45) is -1.05. The summed E-state index contributed by atoms with van der Waals surface area (Å²) in [6, 6.07) is 0. The molecule has 0 radical (unpaired) electrons. The van der Waals surface area contributed by atoms with E-state index in [1.165, 1.54) is 6.92 Å². The first-order valence-corrected chi connectivity index (χ1v) is 4.64. The van der Waals surface area contributed by atoms with Crippen molar-refractivity contribution in [3.63, 3.8) is 0 Å². The quantitative estimate of drug-likeness (QED) is 0.242. The van der Waals surface area contributed by atoms with Crippen LogP contribution in [-0.4, -0.2) is 24.0 Å². The zero-order valence-electron chi connectivity index (χ0n) is 9.81. The van der Waals surface area contributed by atoms with Crippen molar-refractivity contribution in [1.82, 2.24) is 0 Å². The van der Waals surface area contributed by atoms with Crippen LogP contribution < -0.4 is 0 Å². The lowest BCUT2D eigenvalue weighted by Crippen LogP contribution is -2.28. The highest BCUT2D eigenvalue weighted by Gasteiger charge is 2.20. The van der Waals surface area contributed by atoms with E-state index in [4.69, 9.17) is 4.74 Å². The van der Waals surface area contributed by atoms with Crippen molar-refractivity contribution in [3.05, 3.63) is 12.7 Å². The molecule has 0 fully saturated rings. The number of hydrogen-bond donors (Lipinski definition) is 0. The van der Waals surface area contributed by atoms with Crippen LogP contribution in [0.15, 0.2) is 12.7 Å². The Bertz CT molecular complexity index is 265. The number of rotatable bonds is 4. The van der Waals surface area contributed by atoms with Crippen LogP contribution in [0.2, 0.25) is 0 Å². The van der Waals surface area contributed by atoms with Gasteiger partial charge in [-0.2, -0.15) is 0 Å². The minimum absolute atomic E-state index is 0.658. The molecule has 0 aromatic carbocycles. The fraction of sp³-hybridized carbons (Fsp3) is 0.600. The van der Waals surface area contributed by atoms with E-state index in [1.807, 2.05) is 0 Å². The van der Waals surface area contributed by atoms with E-state index in [9.17, 15) is 9.59 Å². The van der Waals surface area contributed by atoms with E-state index in [0.29, 0.717) is 0 Å². The molecule has 16 heavy (non-hydrogen) atoms. The van der Waals surface area contributed by atoms with Gasteiger partial charge in [0.05, 0.1) is 0 Å². The summed E-state index contributed by atoms with van der Waals surface area (Å²) >= 11 is 0. The zero-order chi connectivity index (χ0) is 12.8. The highest BCUT2D eigenvalue weighted by Crippen LogP contribution is 2.09. The van der Waals surface area contributed by atoms with E-state index >= 15 is 0 Å². The van der Waals surface area contributed by atoms with Gasteiger partial charge in [0.15, 0.2) is 0 Å². The fourth-order valence-corrected chi connectivity index (χ4v) is 0.578. The third-order valence-corrected chi connectivity index (χ3v) is 1.08. The predicted molar refractivity (Wildman–Crippen MR) is 54.2 cm³/mol. The van der Waals surface area contributed by atoms with Crippen LogP contribution in [0.25, 0.3) is 0 Å². The minimum atomic E-state index is -1.06. The molecule has 0 N–H and O–H groups in total. The largest absolute Gasteiger partial charge is 0.511 e. The van der Waals surface area contributed by atoms with Gasteiger partial charge in [0.25, 0.3) is 0 Å². The maximum absolute atomic E-state index is 11.1. The maximum atomic E-state index is 11.1. The van der Waals surface area contributed by atoms with Crippen molar-refractivity contribution >= 4 is 12.1 Å². The summed E-state index contributed by atoms with van der Waals surface area (Å²) in [5, 5.41) is 0. The lowest BCUT2D eigenvalue weighted by atomic mass is 10.2. The highest BCUT2D eigenvalue weighted by atomic mass is 17.2. The lowest BCUT2D eigenvalue weighted by molar-refractivity contribution is -0.335. The molecule has 0 aliphatic carbocycles. The smallest absolute Gasteiger partial charge is 0.429 e. The second kappa shape index (κ2) is 6.12. The Labute approximate surface area is 94.0 Å². The van der Waals surface area contributed by atoms with Crippen molar-refractivity contribution in [1.29, 1.82) is 0 Å². The Balaban J connectivity index is 3.87. The number of carbonyl (C=O) groups excluding carboxylic acids is 2. The Morgan fingerprint density at radius 1 is 1.31 bits per heavy atom. The van der Waals surface area contributed by atoms with Gasteiger partial charge in [-0.05, 0) is 20.8 Å². The molecule has 0 saturated carbocycles. The molecule has 0 spiro atoms. The van der Waals surface area contributed by atoms with Gasteiger partial charge in [0, 0.05) is 13.0 Å². The number of carbonyl (C=O) groups is 2. The maximum Gasteiger partial charge on any atom is 0.511 e. The number of hydrogen-bond acceptors (Lipinski definition) is 6. The summed E-state index contributed by atoms with van der Waals surface area (Å²) in [4.78, 5) is 30.3. The molecule has 92 valence electrons. The van der Waals surface area contributed by atoms with Crippen molar-refractivity contribution in [3.8, 4) is 0 Å². The van der Waals surface area contributed by atoms with Crippen LogP contribution in [0.4, 0.5) is 4.79 Å². The standard InChI is InChI=1S/C10H16O6/c1-6-8(11)16-15-7(2)13-9(12)14-10(3,4)5/h6-7H,1H2,2-5H3. The van der Waals surface area contributed by atoms with Crippen LogP contribution in [0.1, 0.15) is 27.7 Å². The normalized spacial score (nSPS) is 12.5. The third-order valence-electron chi connectivity index (χ3n) is 1.08. The fourth-order valence-electron chi connectivity index (χ4n) is 0.578. The van der Waals surface area contributed by atoms with Gasteiger partial charge < -0.3 is 9.47 Å². The Morgan fingerprint density at radius 3 is 2.31 bits per heavy atom.